The van der Waals surface area contributed by atoms with E-state index in [2.05, 4.69) is 38.1 Å². The predicted molar refractivity (Wildman–Crippen MR) is 85.1 cm³/mol. The minimum absolute atomic E-state index is 0.182. The molecule has 1 aromatic rings. The molecule has 0 fully saturated rings. The van der Waals surface area contributed by atoms with E-state index in [1.54, 1.807) is 14.2 Å². The zero-order valence-corrected chi connectivity index (χ0v) is 13.4. The van der Waals surface area contributed by atoms with Crippen molar-refractivity contribution >= 4 is 5.57 Å². The molecular formula is C18H26O3. The number of allylic oxidation sites excluding steroid dienone is 1. The van der Waals surface area contributed by atoms with Gasteiger partial charge in [0.05, 0.1) is 6.10 Å². The number of fused-ring (bicyclic) bond motifs is 1. The molecule has 0 heterocycles. The van der Waals surface area contributed by atoms with E-state index in [1.165, 1.54) is 16.7 Å². The Kier molecular flexibility index (Phi) is 5.20. The van der Waals surface area contributed by atoms with Gasteiger partial charge in [-0.3, -0.25) is 0 Å². The van der Waals surface area contributed by atoms with Gasteiger partial charge in [-0.1, -0.05) is 30.3 Å². The van der Waals surface area contributed by atoms with E-state index in [0.29, 0.717) is 0 Å². The van der Waals surface area contributed by atoms with Crippen molar-refractivity contribution in [3.8, 4) is 0 Å². The Morgan fingerprint density at radius 3 is 2.48 bits per heavy atom. The number of aliphatic hydroxyl groups is 1. The van der Waals surface area contributed by atoms with Gasteiger partial charge in [-0.25, -0.2) is 0 Å². The average molecular weight is 290 g/mol. The van der Waals surface area contributed by atoms with Gasteiger partial charge in [0.15, 0.2) is 6.29 Å². The van der Waals surface area contributed by atoms with Gasteiger partial charge in [-0.15, -0.1) is 0 Å². The summed E-state index contributed by atoms with van der Waals surface area (Å²) in [5.41, 5.74) is 3.44. The molecule has 0 saturated heterocycles. The molecule has 21 heavy (non-hydrogen) atoms. The summed E-state index contributed by atoms with van der Waals surface area (Å²) in [4.78, 5) is 0. The number of hydrogen-bond acceptors (Lipinski definition) is 3. The Bertz CT molecular complexity index is 505. The third kappa shape index (κ3) is 3.20. The lowest BCUT2D eigenvalue weighted by Gasteiger charge is -2.30. The number of methoxy groups -OCH3 is 2. The highest BCUT2D eigenvalue weighted by atomic mass is 16.7. The zero-order chi connectivity index (χ0) is 15.5. The molecule has 3 nitrogen and oxygen atoms in total. The van der Waals surface area contributed by atoms with Crippen LogP contribution in [-0.4, -0.2) is 31.7 Å². The summed E-state index contributed by atoms with van der Waals surface area (Å²) < 4.78 is 10.4. The third-order valence-electron chi connectivity index (χ3n) is 4.58. The first-order valence-electron chi connectivity index (χ1n) is 7.56. The summed E-state index contributed by atoms with van der Waals surface area (Å²) in [6.45, 7) is 4.24. The lowest BCUT2D eigenvalue weighted by Crippen LogP contribution is -2.33. The van der Waals surface area contributed by atoms with E-state index in [9.17, 15) is 5.11 Å². The van der Waals surface area contributed by atoms with E-state index in [4.69, 9.17) is 9.47 Å². The molecule has 0 saturated carbocycles. The second-order valence-corrected chi connectivity index (χ2v) is 6.00. The van der Waals surface area contributed by atoms with Gasteiger partial charge in [0.25, 0.3) is 0 Å². The Hall–Kier alpha value is -1.16. The van der Waals surface area contributed by atoms with Crippen LogP contribution in [0.25, 0.3) is 5.57 Å². The minimum Gasteiger partial charge on any atom is -0.392 e. The smallest absolute Gasteiger partial charge is 0.156 e. The number of aliphatic hydroxyl groups excluding tert-OH is 1. The predicted octanol–water partition coefficient (Wildman–Crippen LogP) is 3.51. The van der Waals surface area contributed by atoms with Crippen LogP contribution in [0.1, 0.15) is 44.2 Å². The van der Waals surface area contributed by atoms with Crippen LogP contribution < -0.4 is 0 Å². The van der Waals surface area contributed by atoms with Crippen molar-refractivity contribution in [2.75, 3.05) is 14.2 Å². The topological polar surface area (TPSA) is 38.7 Å². The van der Waals surface area contributed by atoms with Gasteiger partial charge in [-0.05, 0) is 49.8 Å². The maximum atomic E-state index is 10.7. The van der Waals surface area contributed by atoms with Crippen LogP contribution in [0.2, 0.25) is 0 Å². The van der Waals surface area contributed by atoms with Crippen molar-refractivity contribution in [2.45, 2.75) is 50.9 Å². The SMILES string of the molecule is COC(CCCC(O)C1(C)C=C(C)c2ccccc21)OC. The van der Waals surface area contributed by atoms with E-state index < -0.39 is 6.10 Å². The molecule has 116 valence electrons. The first-order valence-corrected chi connectivity index (χ1v) is 7.56. The molecule has 1 N–H and O–H groups in total. The lowest BCUT2D eigenvalue weighted by molar-refractivity contribution is -0.108. The Balaban J connectivity index is 2.04. The highest BCUT2D eigenvalue weighted by molar-refractivity contribution is 5.75. The monoisotopic (exact) mass is 290 g/mol. The van der Waals surface area contributed by atoms with Gasteiger partial charge in [0, 0.05) is 19.6 Å². The van der Waals surface area contributed by atoms with Gasteiger partial charge < -0.3 is 14.6 Å². The molecule has 0 aliphatic heterocycles. The van der Waals surface area contributed by atoms with Gasteiger partial charge in [0.1, 0.15) is 0 Å². The molecule has 2 rings (SSSR count). The zero-order valence-electron chi connectivity index (χ0n) is 13.4. The first-order chi connectivity index (χ1) is 10.0. The molecule has 0 radical (unpaired) electrons. The van der Waals surface area contributed by atoms with Crippen molar-refractivity contribution in [3.63, 3.8) is 0 Å². The summed E-state index contributed by atoms with van der Waals surface area (Å²) in [5, 5.41) is 10.7. The summed E-state index contributed by atoms with van der Waals surface area (Å²) in [5.74, 6) is 0. The van der Waals surface area contributed by atoms with Crippen LogP contribution in [0.4, 0.5) is 0 Å². The van der Waals surface area contributed by atoms with Crippen molar-refractivity contribution in [1.29, 1.82) is 0 Å². The quantitative estimate of drug-likeness (QED) is 0.781. The van der Waals surface area contributed by atoms with Crippen LogP contribution in [0.15, 0.2) is 30.3 Å². The second kappa shape index (κ2) is 6.73. The highest BCUT2D eigenvalue weighted by Gasteiger charge is 2.38. The fourth-order valence-electron chi connectivity index (χ4n) is 3.29. The Morgan fingerprint density at radius 2 is 1.81 bits per heavy atom. The van der Waals surface area contributed by atoms with Crippen LogP contribution >= 0.6 is 0 Å². The van der Waals surface area contributed by atoms with E-state index in [0.717, 1.165) is 19.3 Å². The van der Waals surface area contributed by atoms with Gasteiger partial charge in [-0.2, -0.15) is 0 Å². The maximum Gasteiger partial charge on any atom is 0.156 e. The second-order valence-electron chi connectivity index (χ2n) is 6.00. The molecule has 1 aliphatic rings. The van der Waals surface area contributed by atoms with Crippen molar-refractivity contribution in [1.82, 2.24) is 0 Å². The highest BCUT2D eigenvalue weighted by Crippen LogP contribution is 2.43. The average Bonchev–Trinajstić information content (AvgIpc) is 2.77. The standard InChI is InChI=1S/C18H26O3/c1-13-12-18(2,15-9-6-5-8-14(13)15)16(19)10-7-11-17(20-3)21-4/h5-6,8-9,12,16-17,19H,7,10-11H2,1-4H3. The van der Waals surface area contributed by atoms with Crippen molar-refractivity contribution in [2.24, 2.45) is 0 Å². The van der Waals surface area contributed by atoms with E-state index in [-0.39, 0.29) is 11.7 Å². The summed E-state index contributed by atoms with van der Waals surface area (Å²) in [6, 6.07) is 8.35. The molecule has 0 spiro atoms. The summed E-state index contributed by atoms with van der Waals surface area (Å²) in [7, 11) is 3.29. The minimum atomic E-state index is -0.398. The fraction of sp³-hybridized carbons (Fsp3) is 0.556. The molecule has 0 aromatic heterocycles. The van der Waals surface area contributed by atoms with Crippen molar-refractivity contribution in [3.05, 3.63) is 41.5 Å². The van der Waals surface area contributed by atoms with E-state index >= 15 is 0 Å². The maximum absolute atomic E-state index is 10.7. The summed E-state index contributed by atoms with van der Waals surface area (Å²) >= 11 is 0. The Labute approximate surface area is 127 Å². The lowest BCUT2D eigenvalue weighted by atomic mass is 9.77. The Morgan fingerprint density at radius 1 is 1.14 bits per heavy atom. The third-order valence-corrected chi connectivity index (χ3v) is 4.58. The fourth-order valence-corrected chi connectivity index (χ4v) is 3.29. The normalized spacial score (nSPS) is 22.3. The molecule has 2 atom stereocenters. The van der Waals surface area contributed by atoms with E-state index in [1.807, 2.05) is 6.07 Å². The van der Waals surface area contributed by atoms with Gasteiger partial charge in [0.2, 0.25) is 0 Å². The van der Waals surface area contributed by atoms with Crippen LogP contribution in [0.3, 0.4) is 0 Å². The molecule has 0 bridgehead atoms. The number of hydrogen-bond donors (Lipinski definition) is 1. The molecular weight excluding hydrogens is 264 g/mol. The molecule has 1 aromatic carbocycles. The number of benzene rings is 1. The largest absolute Gasteiger partial charge is 0.392 e. The van der Waals surface area contributed by atoms with Crippen LogP contribution in [-0.2, 0) is 14.9 Å². The molecule has 0 amide bonds. The van der Waals surface area contributed by atoms with Crippen LogP contribution in [0, 0.1) is 0 Å². The number of ether oxygens (including phenoxy) is 2. The van der Waals surface area contributed by atoms with Crippen LogP contribution in [0.5, 0.6) is 0 Å². The molecule has 3 heteroatoms. The van der Waals surface area contributed by atoms with Crippen molar-refractivity contribution < 1.29 is 14.6 Å². The molecule has 2 unspecified atom stereocenters. The number of rotatable bonds is 7. The van der Waals surface area contributed by atoms with Gasteiger partial charge >= 0.3 is 0 Å². The summed E-state index contributed by atoms with van der Waals surface area (Å²) in [6.07, 6.45) is 4.02. The molecule has 1 aliphatic carbocycles. The first kappa shape index (κ1) is 16.2.